The zero-order valence-electron chi connectivity index (χ0n) is 14.9. The van der Waals surface area contributed by atoms with E-state index in [1.807, 2.05) is 31.2 Å². The summed E-state index contributed by atoms with van der Waals surface area (Å²) >= 11 is 0. The van der Waals surface area contributed by atoms with Crippen LogP contribution < -0.4 is 5.32 Å². The summed E-state index contributed by atoms with van der Waals surface area (Å²) in [6, 6.07) is 13.3. The topological polar surface area (TPSA) is 73.2 Å². The Bertz CT molecular complexity index is 963. The van der Waals surface area contributed by atoms with Gasteiger partial charge in [0.2, 0.25) is 0 Å². The lowest BCUT2D eigenvalue weighted by atomic mass is 10.1. The number of amides is 1. The van der Waals surface area contributed by atoms with Crippen molar-refractivity contribution in [2.75, 3.05) is 13.7 Å². The highest BCUT2D eigenvalue weighted by Gasteiger charge is 2.19. The molecule has 3 aromatic rings. The number of esters is 1. The first-order chi connectivity index (χ1) is 13.0. The van der Waals surface area contributed by atoms with Gasteiger partial charge in [-0.25, -0.2) is 9.07 Å². The van der Waals surface area contributed by atoms with Crippen molar-refractivity contribution in [3.63, 3.8) is 0 Å². The number of nitrogens with one attached hydrogen (secondary N) is 1. The second kappa shape index (κ2) is 7.82. The van der Waals surface area contributed by atoms with Crippen molar-refractivity contribution in [1.82, 2.24) is 15.1 Å². The summed E-state index contributed by atoms with van der Waals surface area (Å²) in [7, 11) is 1.25. The van der Waals surface area contributed by atoms with Crippen LogP contribution in [0.15, 0.2) is 54.7 Å². The van der Waals surface area contributed by atoms with Crippen molar-refractivity contribution >= 4 is 11.9 Å². The SMILES string of the molecule is COC(=O)CNC(=O)c1cn(-c2ccc(F)cc2)nc1-c1ccc(C)cc1. The van der Waals surface area contributed by atoms with E-state index in [4.69, 9.17) is 0 Å². The van der Waals surface area contributed by atoms with Gasteiger partial charge in [-0.05, 0) is 31.2 Å². The monoisotopic (exact) mass is 367 g/mol. The Morgan fingerprint density at radius 3 is 2.41 bits per heavy atom. The van der Waals surface area contributed by atoms with Crippen molar-refractivity contribution in [2.24, 2.45) is 0 Å². The third-order valence-corrected chi connectivity index (χ3v) is 4.00. The van der Waals surface area contributed by atoms with Gasteiger partial charge in [0.25, 0.3) is 5.91 Å². The van der Waals surface area contributed by atoms with Gasteiger partial charge in [-0.15, -0.1) is 0 Å². The Morgan fingerprint density at radius 1 is 1.11 bits per heavy atom. The third-order valence-electron chi connectivity index (χ3n) is 4.00. The zero-order valence-corrected chi connectivity index (χ0v) is 14.9. The van der Waals surface area contributed by atoms with Crippen LogP contribution in [0.1, 0.15) is 15.9 Å². The van der Waals surface area contributed by atoms with Crippen LogP contribution in [0, 0.1) is 12.7 Å². The molecule has 0 fully saturated rings. The van der Waals surface area contributed by atoms with Crippen LogP contribution in [0.4, 0.5) is 4.39 Å². The molecule has 138 valence electrons. The minimum Gasteiger partial charge on any atom is -0.468 e. The van der Waals surface area contributed by atoms with Crippen LogP contribution in [0.3, 0.4) is 0 Å². The maximum absolute atomic E-state index is 13.2. The Balaban J connectivity index is 2.00. The molecule has 0 saturated heterocycles. The van der Waals surface area contributed by atoms with Gasteiger partial charge < -0.3 is 10.1 Å². The largest absolute Gasteiger partial charge is 0.468 e. The number of halogens is 1. The van der Waals surface area contributed by atoms with Crippen molar-refractivity contribution in [1.29, 1.82) is 0 Å². The smallest absolute Gasteiger partial charge is 0.325 e. The highest BCUT2D eigenvalue weighted by molar-refractivity contribution is 6.01. The highest BCUT2D eigenvalue weighted by Crippen LogP contribution is 2.24. The molecule has 0 bridgehead atoms. The predicted octanol–water partition coefficient (Wildman–Crippen LogP) is 2.89. The van der Waals surface area contributed by atoms with E-state index in [1.165, 1.54) is 23.9 Å². The quantitative estimate of drug-likeness (QED) is 0.704. The van der Waals surface area contributed by atoms with Gasteiger partial charge in [0, 0.05) is 11.8 Å². The molecule has 1 amide bonds. The van der Waals surface area contributed by atoms with E-state index in [-0.39, 0.29) is 12.4 Å². The number of aryl methyl sites for hydroxylation is 1. The molecule has 0 aliphatic rings. The van der Waals surface area contributed by atoms with Gasteiger partial charge in [0.05, 0.1) is 18.4 Å². The fraction of sp³-hybridized carbons (Fsp3) is 0.150. The summed E-state index contributed by atoms with van der Waals surface area (Å²) in [4.78, 5) is 23.9. The first-order valence-electron chi connectivity index (χ1n) is 8.25. The number of carbonyl (C=O) groups excluding carboxylic acids is 2. The van der Waals surface area contributed by atoms with Crippen LogP contribution >= 0.6 is 0 Å². The second-order valence-corrected chi connectivity index (χ2v) is 5.94. The number of nitrogens with zero attached hydrogens (tertiary/aromatic N) is 2. The average molecular weight is 367 g/mol. The van der Waals surface area contributed by atoms with Gasteiger partial charge in [0.15, 0.2) is 0 Å². The van der Waals surface area contributed by atoms with E-state index in [1.54, 1.807) is 18.3 Å². The lowest BCUT2D eigenvalue weighted by molar-refractivity contribution is -0.139. The lowest BCUT2D eigenvalue weighted by Gasteiger charge is -2.04. The van der Waals surface area contributed by atoms with E-state index in [0.717, 1.165) is 11.1 Å². The van der Waals surface area contributed by atoms with Crippen molar-refractivity contribution < 1.29 is 18.7 Å². The number of benzene rings is 2. The Hall–Kier alpha value is -3.48. The molecule has 0 aliphatic heterocycles. The Labute approximate surface area is 155 Å². The number of methoxy groups -OCH3 is 1. The highest BCUT2D eigenvalue weighted by atomic mass is 19.1. The molecule has 0 unspecified atom stereocenters. The van der Waals surface area contributed by atoms with Gasteiger partial charge in [-0.2, -0.15) is 5.10 Å². The molecule has 3 rings (SSSR count). The first kappa shape index (κ1) is 18.3. The molecule has 1 aromatic heterocycles. The molecule has 0 radical (unpaired) electrons. The summed E-state index contributed by atoms with van der Waals surface area (Å²) in [5, 5.41) is 7.01. The molecular formula is C20H18FN3O3. The molecule has 27 heavy (non-hydrogen) atoms. The fourth-order valence-electron chi connectivity index (χ4n) is 2.51. The van der Waals surface area contributed by atoms with Crippen molar-refractivity contribution in [3.8, 4) is 16.9 Å². The normalized spacial score (nSPS) is 10.5. The molecule has 1 heterocycles. The van der Waals surface area contributed by atoms with Crippen LogP contribution in [-0.4, -0.2) is 35.3 Å². The van der Waals surface area contributed by atoms with Crippen molar-refractivity contribution in [3.05, 3.63) is 71.7 Å². The number of rotatable bonds is 5. The number of hydrogen-bond donors (Lipinski definition) is 1. The van der Waals surface area contributed by atoms with Crippen LogP contribution in [0.5, 0.6) is 0 Å². The summed E-state index contributed by atoms with van der Waals surface area (Å²) in [5.41, 5.74) is 3.20. The lowest BCUT2D eigenvalue weighted by Crippen LogP contribution is -2.30. The molecule has 2 aromatic carbocycles. The maximum Gasteiger partial charge on any atom is 0.325 e. The van der Waals surface area contributed by atoms with Crippen LogP contribution in [0.2, 0.25) is 0 Å². The summed E-state index contributed by atoms with van der Waals surface area (Å²) in [5.74, 6) is -1.36. The summed E-state index contributed by atoms with van der Waals surface area (Å²) in [6.45, 7) is 1.72. The molecule has 0 atom stereocenters. The molecule has 0 aliphatic carbocycles. The molecular weight excluding hydrogens is 349 g/mol. The van der Waals surface area contributed by atoms with E-state index in [0.29, 0.717) is 16.9 Å². The average Bonchev–Trinajstić information content (AvgIpc) is 3.12. The Morgan fingerprint density at radius 2 is 1.78 bits per heavy atom. The summed E-state index contributed by atoms with van der Waals surface area (Å²) in [6.07, 6.45) is 1.55. The van der Waals surface area contributed by atoms with E-state index in [9.17, 15) is 14.0 Å². The van der Waals surface area contributed by atoms with E-state index >= 15 is 0 Å². The number of aromatic nitrogens is 2. The second-order valence-electron chi connectivity index (χ2n) is 5.94. The number of ether oxygens (including phenoxy) is 1. The maximum atomic E-state index is 13.2. The molecule has 0 spiro atoms. The van der Waals surface area contributed by atoms with Gasteiger partial charge in [-0.3, -0.25) is 9.59 Å². The first-order valence-corrected chi connectivity index (χ1v) is 8.25. The Kier molecular flexibility index (Phi) is 5.30. The molecule has 7 heteroatoms. The van der Waals surface area contributed by atoms with E-state index < -0.39 is 11.9 Å². The molecule has 1 N–H and O–H groups in total. The number of hydrogen-bond acceptors (Lipinski definition) is 4. The van der Waals surface area contributed by atoms with Gasteiger partial charge in [0.1, 0.15) is 18.1 Å². The molecule has 6 nitrogen and oxygen atoms in total. The number of carbonyl (C=O) groups is 2. The standard InChI is InChI=1S/C20H18FN3O3/c1-13-3-5-14(6-4-13)19-17(20(26)22-11-18(25)27-2)12-24(23-19)16-9-7-15(21)8-10-16/h3-10,12H,11H2,1-2H3,(H,22,26). The predicted molar refractivity (Wildman–Crippen MR) is 98.0 cm³/mol. The van der Waals surface area contributed by atoms with Crippen LogP contribution in [0.25, 0.3) is 16.9 Å². The van der Waals surface area contributed by atoms with Gasteiger partial charge >= 0.3 is 5.97 Å². The summed E-state index contributed by atoms with van der Waals surface area (Å²) < 4.78 is 19.2. The van der Waals surface area contributed by atoms with Gasteiger partial charge in [-0.1, -0.05) is 29.8 Å². The minimum atomic E-state index is -0.550. The molecule has 0 saturated carbocycles. The fourth-order valence-corrected chi connectivity index (χ4v) is 2.51. The van der Waals surface area contributed by atoms with Crippen LogP contribution in [-0.2, 0) is 9.53 Å². The van der Waals surface area contributed by atoms with E-state index in [2.05, 4.69) is 15.2 Å². The minimum absolute atomic E-state index is 0.246. The van der Waals surface area contributed by atoms with Crippen molar-refractivity contribution in [2.45, 2.75) is 6.92 Å². The third kappa shape index (κ3) is 4.20. The zero-order chi connectivity index (χ0) is 19.4.